The van der Waals surface area contributed by atoms with Gasteiger partial charge in [0.1, 0.15) is 17.5 Å². The van der Waals surface area contributed by atoms with Crippen LogP contribution in [0.1, 0.15) is 5.56 Å². The van der Waals surface area contributed by atoms with Crippen molar-refractivity contribution in [1.29, 1.82) is 5.26 Å². The first-order valence-electron chi connectivity index (χ1n) is 6.88. The maximum atomic E-state index is 9.54. The lowest BCUT2D eigenvalue weighted by atomic mass is 10.1. The highest BCUT2D eigenvalue weighted by molar-refractivity contribution is 6.36. The van der Waals surface area contributed by atoms with Crippen LogP contribution in [0.2, 0.25) is 10.0 Å². The van der Waals surface area contributed by atoms with Crippen molar-refractivity contribution in [3.8, 4) is 17.3 Å². The average Bonchev–Trinajstić information content (AvgIpc) is 2.94. The average molecular weight is 355 g/mol. The Morgan fingerprint density at radius 3 is 2.79 bits per heavy atom. The molecule has 116 valence electrons. The second-order valence-electron chi connectivity index (χ2n) is 5.07. The van der Waals surface area contributed by atoms with Crippen LogP contribution in [-0.4, -0.2) is 19.6 Å². The topological polar surface area (TPSA) is 92.9 Å². The SMILES string of the molecule is N#Cc1c(-c2ccc(Cl)cc2Cl)nc2c3cccnc3nn2c1N. The molecule has 4 aromatic rings. The molecule has 0 aliphatic rings. The number of rotatable bonds is 1. The smallest absolute Gasteiger partial charge is 0.183 e. The first-order chi connectivity index (χ1) is 11.6. The van der Waals surface area contributed by atoms with Gasteiger partial charge in [-0.1, -0.05) is 23.2 Å². The Labute approximate surface area is 146 Å². The van der Waals surface area contributed by atoms with E-state index in [1.807, 2.05) is 6.07 Å². The Morgan fingerprint density at radius 2 is 2.04 bits per heavy atom. The Hall–Kier alpha value is -2.88. The van der Waals surface area contributed by atoms with Gasteiger partial charge in [0, 0.05) is 16.8 Å². The summed E-state index contributed by atoms with van der Waals surface area (Å²) in [7, 11) is 0. The molecule has 0 atom stereocenters. The molecule has 0 unspecified atom stereocenters. The van der Waals surface area contributed by atoms with Crippen LogP contribution >= 0.6 is 23.2 Å². The van der Waals surface area contributed by atoms with Crippen molar-refractivity contribution in [2.45, 2.75) is 0 Å². The van der Waals surface area contributed by atoms with E-state index < -0.39 is 0 Å². The van der Waals surface area contributed by atoms with Crippen LogP contribution in [0.4, 0.5) is 5.82 Å². The number of hydrogen-bond donors (Lipinski definition) is 1. The molecule has 3 aromatic heterocycles. The molecule has 6 nitrogen and oxygen atoms in total. The number of pyridine rings is 1. The Balaban J connectivity index is 2.15. The second kappa shape index (κ2) is 5.34. The molecule has 0 bridgehead atoms. The van der Waals surface area contributed by atoms with Gasteiger partial charge in [-0.25, -0.2) is 9.97 Å². The Morgan fingerprint density at radius 1 is 1.21 bits per heavy atom. The predicted octanol–water partition coefficient (Wildman–Crippen LogP) is 3.71. The van der Waals surface area contributed by atoms with Gasteiger partial charge in [-0.05, 0) is 30.3 Å². The molecule has 0 aliphatic carbocycles. The summed E-state index contributed by atoms with van der Waals surface area (Å²) in [6.07, 6.45) is 1.63. The minimum absolute atomic E-state index is 0.182. The summed E-state index contributed by atoms with van der Waals surface area (Å²) in [4.78, 5) is 8.78. The Bertz CT molecular complexity index is 1160. The van der Waals surface area contributed by atoms with E-state index in [9.17, 15) is 5.26 Å². The third-order valence-corrected chi connectivity index (χ3v) is 4.21. The third-order valence-electron chi connectivity index (χ3n) is 3.66. The van der Waals surface area contributed by atoms with Gasteiger partial charge in [0.25, 0.3) is 0 Å². The summed E-state index contributed by atoms with van der Waals surface area (Å²) in [6, 6.07) is 10.7. The molecule has 8 heteroatoms. The number of nitriles is 1. The van der Waals surface area contributed by atoms with Gasteiger partial charge >= 0.3 is 0 Å². The van der Waals surface area contributed by atoms with E-state index >= 15 is 0 Å². The number of anilines is 1. The van der Waals surface area contributed by atoms with E-state index in [0.29, 0.717) is 32.6 Å². The van der Waals surface area contributed by atoms with E-state index in [2.05, 4.69) is 21.1 Å². The van der Waals surface area contributed by atoms with Gasteiger partial charge in [0.2, 0.25) is 0 Å². The minimum atomic E-state index is 0.182. The van der Waals surface area contributed by atoms with Crippen LogP contribution in [0.25, 0.3) is 27.9 Å². The number of hydrogen-bond acceptors (Lipinski definition) is 5. The molecule has 0 saturated heterocycles. The van der Waals surface area contributed by atoms with Gasteiger partial charge in [-0.2, -0.15) is 9.78 Å². The number of nitrogens with two attached hydrogens (primary N) is 1. The van der Waals surface area contributed by atoms with Gasteiger partial charge in [-0.3, -0.25) is 0 Å². The van der Waals surface area contributed by atoms with Crippen molar-refractivity contribution in [1.82, 2.24) is 19.6 Å². The molecule has 3 heterocycles. The molecule has 1 aromatic carbocycles. The first kappa shape index (κ1) is 14.7. The molecule has 0 amide bonds. The van der Waals surface area contributed by atoms with Crippen molar-refractivity contribution in [2.75, 3.05) is 5.73 Å². The van der Waals surface area contributed by atoms with Crippen molar-refractivity contribution < 1.29 is 0 Å². The summed E-state index contributed by atoms with van der Waals surface area (Å²) in [5.41, 5.74) is 8.31. The summed E-state index contributed by atoms with van der Waals surface area (Å²) in [6.45, 7) is 0. The lowest BCUT2D eigenvalue weighted by Crippen LogP contribution is -2.06. The summed E-state index contributed by atoms with van der Waals surface area (Å²) < 4.78 is 1.42. The van der Waals surface area contributed by atoms with E-state index in [4.69, 9.17) is 28.9 Å². The number of aromatic nitrogens is 4. The highest BCUT2D eigenvalue weighted by Gasteiger charge is 2.19. The molecule has 0 fully saturated rings. The molecule has 24 heavy (non-hydrogen) atoms. The predicted molar refractivity (Wildman–Crippen MR) is 92.9 cm³/mol. The molecular weight excluding hydrogens is 347 g/mol. The van der Waals surface area contributed by atoms with Crippen LogP contribution in [-0.2, 0) is 0 Å². The van der Waals surface area contributed by atoms with Crippen molar-refractivity contribution in [2.24, 2.45) is 0 Å². The van der Waals surface area contributed by atoms with Gasteiger partial charge in [0.15, 0.2) is 11.3 Å². The number of nitrogen functional groups attached to an aromatic ring is 1. The lowest BCUT2D eigenvalue weighted by molar-refractivity contribution is 0.958. The largest absolute Gasteiger partial charge is 0.382 e. The van der Waals surface area contributed by atoms with Crippen molar-refractivity contribution in [3.05, 3.63) is 52.1 Å². The summed E-state index contributed by atoms with van der Waals surface area (Å²) >= 11 is 12.2. The van der Waals surface area contributed by atoms with Crippen molar-refractivity contribution in [3.63, 3.8) is 0 Å². The fourth-order valence-electron chi connectivity index (χ4n) is 2.56. The summed E-state index contributed by atoms with van der Waals surface area (Å²) in [5.74, 6) is 0.182. The van der Waals surface area contributed by atoms with E-state index in [1.165, 1.54) is 4.52 Å². The molecule has 0 radical (unpaired) electrons. The number of benzene rings is 1. The maximum Gasteiger partial charge on any atom is 0.183 e. The first-order valence-corrected chi connectivity index (χ1v) is 7.64. The normalized spacial score (nSPS) is 11.0. The van der Waals surface area contributed by atoms with Gasteiger partial charge in [0.05, 0.1) is 16.1 Å². The van der Waals surface area contributed by atoms with Crippen LogP contribution in [0.3, 0.4) is 0 Å². The fourth-order valence-corrected chi connectivity index (χ4v) is 3.06. The fraction of sp³-hybridized carbons (Fsp3) is 0. The third kappa shape index (κ3) is 2.07. The lowest BCUT2D eigenvalue weighted by Gasteiger charge is -2.09. The van der Waals surface area contributed by atoms with Crippen LogP contribution in [0, 0.1) is 11.3 Å². The van der Waals surface area contributed by atoms with E-state index in [0.717, 1.165) is 5.39 Å². The van der Waals surface area contributed by atoms with Crippen LogP contribution < -0.4 is 5.73 Å². The van der Waals surface area contributed by atoms with Crippen LogP contribution in [0.5, 0.6) is 0 Å². The monoisotopic (exact) mass is 354 g/mol. The van der Waals surface area contributed by atoms with Gasteiger partial charge < -0.3 is 5.73 Å². The molecule has 2 N–H and O–H groups in total. The zero-order valence-corrected chi connectivity index (χ0v) is 13.5. The molecular formula is C16H8Cl2N6. The zero-order chi connectivity index (χ0) is 16.8. The molecule has 0 saturated carbocycles. The maximum absolute atomic E-state index is 9.54. The highest BCUT2D eigenvalue weighted by atomic mass is 35.5. The minimum Gasteiger partial charge on any atom is -0.382 e. The second-order valence-corrected chi connectivity index (χ2v) is 5.91. The zero-order valence-electron chi connectivity index (χ0n) is 12.0. The number of halogens is 2. The molecule has 0 aliphatic heterocycles. The standard InChI is InChI=1S/C16H8Cl2N6/c17-8-3-4-9(12(18)6-8)13-11(7-19)14(20)24-16(22-13)10-2-1-5-21-15(10)23-24/h1-6H,20H2. The highest BCUT2D eigenvalue weighted by Crippen LogP contribution is 2.34. The van der Waals surface area contributed by atoms with Crippen molar-refractivity contribution >= 4 is 45.7 Å². The number of fused-ring (bicyclic) bond motifs is 3. The summed E-state index contributed by atoms with van der Waals surface area (Å²) in [5, 5.41) is 15.5. The van der Waals surface area contributed by atoms with E-state index in [-0.39, 0.29) is 11.4 Å². The molecule has 4 rings (SSSR count). The Kier molecular flexibility index (Phi) is 3.27. The molecule has 0 spiro atoms. The van der Waals surface area contributed by atoms with Crippen LogP contribution in [0.15, 0.2) is 36.5 Å². The van der Waals surface area contributed by atoms with E-state index in [1.54, 1.807) is 30.5 Å². The number of nitrogens with zero attached hydrogens (tertiary/aromatic N) is 5. The van der Waals surface area contributed by atoms with Gasteiger partial charge in [-0.15, -0.1) is 5.10 Å². The quantitative estimate of drug-likeness (QED) is 0.562.